The van der Waals surface area contributed by atoms with Crippen LogP contribution in [0.3, 0.4) is 0 Å². The van der Waals surface area contributed by atoms with E-state index in [1.165, 1.54) is 23.1 Å². The van der Waals surface area contributed by atoms with Crippen molar-refractivity contribution in [2.75, 3.05) is 11.9 Å². The molecule has 1 amide bonds. The fraction of sp³-hybridized carbons (Fsp3) is 0.0714. The second kappa shape index (κ2) is 6.09. The molecule has 0 saturated carbocycles. The highest BCUT2D eigenvalue weighted by Crippen LogP contribution is 2.16. The number of anilines is 1. The summed E-state index contributed by atoms with van der Waals surface area (Å²) >= 11 is 5.93. The molecule has 102 valence electrons. The number of halogens is 1. The number of carbonyl (C=O) groups excluding carboxylic acids is 1. The largest absolute Gasteiger partial charge is 0.489 e. The number of para-hydroxylation sites is 1. The first-order valence-electron chi connectivity index (χ1n) is 5.99. The van der Waals surface area contributed by atoms with Crippen LogP contribution in [-0.2, 0) is 0 Å². The summed E-state index contributed by atoms with van der Waals surface area (Å²) in [4.78, 5) is 13.8. The summed E-state index contributed by atoms with van der Waals surface area (Å²) in [7, 11) is 0.0129. The van der Waals surface area contributed by atoms with Gasteiger partial charge in [0.1, 0.15) is 0 Å². The van der Waals surface area contributed by atoms with Gasteiger partial charge >= 0.3 is 7.12 Å². The van der Waals surface area contributed by atoms with Crippen molar-refractivity contribution in [2.24, 2.45) is 0 Å². The van der Waals surface area contributed by atoms with Gasteiger partial charge in [-0.3, -0.25) is 4.79 Å². The van der Waals surface area contributed by atoms with Gasteiger partial charge in [-0.2, -0.15) is 0 Å². The second-order valence-electron chi connectivity index (χ2n) is 4.31. The van der Waals surface area contributed by atoms with E-state index in [9.17, 15) is 4.79 Å². The zero-order valence-corrected chi connectivity index (χ0v) is 11.6. The molecule has 0 aliphatic rings. The summed E-state index contributed by atoms with van der Waals surface area (Å²) in [5.41, 5.74) is 1.32. The lowest BCUT2D eigenvalue weighted by atomic mass is 9.80. The Morgan fingerprint density at radius 3 is 2.35 bits per heavy atom. The van der Waals surface area contributed by atoms with Crippen LogP contribution in [0.5, 0.6) is 0 Å². The molecule has 4 nitrogen and oxygen atoms in total. The van der Waals surface area contributed by atoms with Crippen LogP contribution in [-0.4, -0.2) is 30.1 Å². The van der Waals surface area contributed by atoms with Crippen LogP contribution in [0.15, 0.2) is 48.5 Å². The van der Waals surface area contributed by atoms with E-state index in [4.69, 9.17) is 21.6 Å². The molecular weight excluding hydrogens is 276 g/mol. The predicted octanol–water partition coefficient (Wildman–Crippen LogP) is 1.30. The SMILES string of the molecule is CN(C(=O)c1ccc(B(O)O)c(Cl)c1)c1ccccc1. The number of benzene rings is 2. The minimum Gasteiger partial charge on any atom is -0.423 e. The zero-order chi connectivity index (χ0) is 14.7. The van der Waals surface area contributed by atoms with Gasteiger partial charge in [-0.25, -0.2) is 0 Å². The molecule has 0 aliphatic heterocycles. The van der Waals surface area contributed by atoms with Crippen LogP contribution in [0.2, 0.25) is 5.02 Å². The zero-order valence-electron chi connectivity index (χ0n) is 10.8. The number of amides is 1. The fourth-order valence-electron chi connectivity index (χ4n) is 1.83. The second-order valence-corrected chi connectivity index (χ2v) is 4.72. The average molecular weight is 290 g/mol. The summed E-state index contributed by atoms with van der Waals surface area (Å²) in [5.74, 6) is -0.225. The molecule has 2 N–H and O–H groups in total. The summed E-state index contributed by atoms with van der Waals surface area (Å²) < 4.78 is 0. The molecule has 0 radical (unpaired) electrons. The van der Waals surface area contributed by atoms with E-state index in [0.29, 0.717) is 5.56 Å². The first-order chi connectivity index (χ1) is 9.50. The highest BCUT2D eigenvalue weighted by Gasteiger charge is 2.19. The molecule has 2 aromatic rings. The average Bonchev–Trinajstić information content (AvgIpc) is 2.46. The molecule has 0 bridgehead atoms. The van der Waals surface area contributed by atoms with Crippen LogP contribution in [0, 0.1) is 0 Å². The molecule has 20 heavy (non-hydrogen) atoms. The third kappa shape index (κ3) is 3.01. The van der Waals surface area contributed by atoms with Crippen LogP contribution < -0.4 is 10.4 Å². The van der Waals surface area contributed by atoms with Gasteiger partial charge in [0.15, 0.2) is 0 Å². The Hall–Kier alpha value is -1.82. The monoisotopic (exact) mass is 289 g/mol. The Morgan fingerprint density at radius 1 is 1.15 bits per heavy atom. The maximum atomic E-state index is 12.3. The predicted molar refractivity (Wildman–Crippen MR) is 80.5 cm³/mol. The number of hydrogen-bond acceptors (Lipinski definition) is 3. The van der Waals surface area contributed by atoms with Crippen molar-refractivity contribution in [3.05, 3.63) is 59.1 Å². The standard InChI is InChI=1S/C14H13BClNO3/c1-17(11-5-3-2-4-6-11)14(18)10-7-8-12(15(19)20)13(16)9-10/h2-9,19-20H,1H3. The van der Waals surface area contributed by atoms with Gasteiger partial charge in [-0.1, -0.05) is 35.9 Å². The smallest absolute Gasteiger partial charge is 0.423 e. The van der Waals surface area contributed by atoms with E-state index in [0.717, 1.165) is 5.69 Å². The van der Waals surface area contributed by atoms with E-state index in [1.807, 2.05) is 30.3 Å². The highest BCUT2D eigenvalue weighted by atomic mass is 35.5. The van der Waals surface area contributed by atoms with Crippen molar-refractivity contribution in [3.8, 4) is 0 Å². The Labute approximate surface area is 122 Å². The van der Waals surface area contributed by atoms with Crippen LogP contribution in [0.1, 0.15) is 10.4 Å². The Bertz CT molecular complexity index is 619. The van der Waals surface area contributed by atoms with E-state index >= 15 is 0 Å². The lowest BCUT2D eigenvalue weighted by molar-refractivity contribution is 0.0993. The van der Waals surface area contributed by atoms with Gasteiger partial charge in [-0.05, 0) is 24.3 Å². The minimum atomic E-state index is -1.65. The van der Waals surface area contributed by atoms with E-state index in [1.54, 1.807) is 7.05 Å². The first kappa shape index (κ1) is 14.6. The summed E-state index contributed by atoms with van der Waals surface area (Å²) in [5, 5.41) is 18.3. The summed E-state index contributed by atoms with van der Waals surface area (Å²) in [6.07, 6.45) is 0. The van der Waals surface area contributed by atoms with Gasteiger partial charge in [0, 0.05) is 28.8 Å². The van der Waals surface area contributed by atoms with Crippen molar-refractivity contribution in [2.45, 2.75) is 0 Å². The normalized spacial score (nSPS) is 10.2. The molecule has 0 spiro atoms. The number of carbonyl (C=O) groups is 1. The van der Waals surface area contributed by atoms with E-state index in [2.05, 4.69) is 0 Å². The molecular formula is C14H13BClNO3. The molecule has 2 rings (SSSR count). The topological polar surface area (TPSA) is 60.8 Å². The first-order valence-corrected chi connectivity index (χ1v) is 6.37. The molecule has 0 fully saturated rings. The van der Waals surface area contributed by atoms with E-state index in [-0.39, 0.29) is 16.4 Å². The maximum absolute atomic E-state index is 12.3. The van der Waals surface area contributed by atoms with E-state index < -0.39 is 7.12 Å². The van der Waals surface area contributed by atoms with Crippen molar-refractivity contribution in [3.63, 3.8) is 0 Å². The maximum Gasteiger partial charge on any atom is 0.489 e. The molecule has 6 heteroatoms. The van der Waals surface area contributed by atoms with Crippen molar-refractivity contribution < 1.29 is 14.8 Å². The quantitative estimate of drug-likeness (QED) is 0.837. The van der Waals surface area contributed by atoms with Gasteiger partial charge in [0.2, 0.25) is 0 Å². The van der Waals surface area contributed by atoms with Crippen molar-refractivity contribution in [1.82, 2.24) is 0 Å². The fourth-order valence-corrected chi connectivity index (χ4v) is 2.11. The Kier molecular flexibility index (Phi) is 4.44. The van der Waals surface area contributed by atoms with Crippen molar-refractivity contribution in [1.29, 1.82) is 0 Å². The minimum absolute atomic E-state index is 0.146. The molecule has 2 aromatic carbocycles. The van der Waals surface area contributed by atoms with Crippen LogP contribution >= 0.6 is 11.6 Å². The molecule has 0 aliphatic carbocycles. The number of hydrogen-bond donors (Lipinski definition) is 2. The van der Waals surface area contributed by atoms with Gasteiger partial charge in [0.05, 0.1) is 0 Å². The molecule has 0 unspecified atom stereocenters. The molecule has 0 aromatic heterocycles. The summed E-state index contributed by atoms with van der Waals surface area (Å²) in [6.45, 7) is 0. The number of rotatable bonds is 3. The lowest BCUT2D eigenvalue weighted by Gasteiger charge is -2.17. The third-order valence-electron chi connectivity index (χ3n) is 2.97. The van der Waals surface area contributed by atoms with Crippen molar-refractivity contribution >= 4 is 35.8 Å². The Balaban J connectivity index is 2.28. The highest BCUT2D eigenvalue weighted by molar-refractivity contribution is 6.62. The molecule has 0 atom stereocenters. The Morgan fingerprint density at radius 2 is 1.80 bits per heavy atom. The summed E-state index contributed by atoms with van der Waals surface area (Å²) in [6, 6.07) is 13.6. The third-order valence-corrected chi connectivity index (χ3v) is 3.30. The number of nitrogens with zero attached hydrogens (tertiary/aromatic N) is 1. The lowest BCUT2D eigenvalue weighted by Crippen LogP contribution is -2.32. The molecule has 0 heterocycles. The van der Waals surface area contributed by atoms with Gasteiger partial charge in [0.25, 0.3) is 5.91 Å². The van der Waals surface area contributed by atoms with Crippen LogP contribution in [0.25, 0.3) is 0 Å². The van der Waals surface area contributed by atoms with Gasteiger partial charge in [-0.15, -0.1) is 0 Å². The van der Waals surface area contributed by atoms with Crippen LogP contribution in [0.4, 0.5) is 5.69 Å². The molecule has 0 saturated heterocycles. The van der Waals surface area contributed by atoms with Gasteiger partial charge < -0.3 is 14.9 Å².